The van der Waals surface area contributed by atoms with Crippen LogP contribution >= 0.6 is 0 Å². The average molecular weight is 360 g/mol. The van der Waals surface area contributed by atoms with E-state index in [-0.39, 0.29) is 49.5 Å². The minimum Gasteiger partial charge on any atom is -0.497 e. The summed E-state index contributed by atoms with van der Waals surface area (Å²) in [6, 6.07) is 7.76. The molecule has 0 bridgehead atoms. The average Bonchev–Trinajstić information content (AvgIpc) is 2.88. The van der Waals surface area contributed by atoms with Gasteiger partial charge >= 0.3 is 0 Å². The SMILES string of the molecule is COc1cccc(CCCC(=O)CCC2(CC(C)O)C(=O)CCC2=O)c1. The van der Waals surface area contributed by atoms with E-state index in [9.17, 15) is 19.5 Å². The lowest BCUT2D eigenvalue weighted by atomic mass is 9.75. The number of benzene rings is 1. The van der Waals surface area contributed by atoms with Gasteiger partial charge in [-0.3, -0.25) is 14.4 Å². The summed E-state index contributed by atoms with van der Waals surface area (Å²) >= 11 is 0. The molecule has 1 aliphatic rings. The van der Waals surface area contributed by atoms with Gasteiger partial charge in [0.05, 0.1) is 18.6 Å². The maximum atomic E-state index is 12.3. The number of methoxy groups -OCH3 is 1. The highest BCUT2D eigenvalue weighted by Crippen LogP contribution is 2.40. The molecular formula is C21H28O5. The molecule has 1 saturated carbocycles. The summed E-state index contributed by atoms with van der Waals surface area (Å²) < 4.78 is 5.19. The Morgan fingerprint density at radius 2 is 1.92 bits per heavy atom. The van der Waals surface area contributed by atoms with Crippen LogP contribution in [0, 0.1) is 5.41 Å². The minimum absolute atomic E-state index is 0.0605. The predicted molar refractivity (Wildman–Crippen MR) is 98.2 cm³/mol. The summed E-state index contributed by atoms with van der Waals surface area (Å²) in [7, 11) is 1.62. The fourth-order valence-corrected chi connectivity index (χ4v) is 3.77. The first-order valence-corrected chi connectivity index (χ1v) is 9.26. The fraction of sp³-hybridized carbons (Fsp3) is 0.571. The first-order chi connectivity index (χ1) is 12.4. The van der Waals surface area contributed by atoms with Crippen LogP contribution in [-0.4, -0.2) is 35.7 Å². The van der Waals surface area contributed by atoms with E-state index in [1.54, 1.807) is 14.0 Å². The van der Waals surface area contributed by atoms with Gasteiger partial charge in [0, 0.05) is 25.7 Å². The Hall–Kier alpha value is -2.01. The number of rotatable bonds is 10. The number of carbonyl (C=O) groups excluding carboxylic acids is 3. The number of hydrogen-bond donors (Lipinski definition) is 1. The van der Waals surface area contributed by atoms with Gasteiger partial charge in [0.1, 0.15) is 23.1 Å². The van der Waals surface area contributed by atoms with E-state index in [1.165, 1.54) is 0 Å². The molecule has 5 heteroatoms. The molecule has 1 atom stereocenters. The predicted octanol–water partition coefficient (Wildman–Crippen LogP) is 3.06. The van der Waals surface area contributed by atoms with Crippen molar-refractivity contribution in [1.29, 1.82) is 0 Å². The molecule has 1 aromatic rings. The zero-order valence-electron chi connectivity index (χ0n) is 15.6. The van der Waals surface area contributed by atoms with Crippen molar-refractivity contribution >= 4 is 17.3 Å². The molecule has 0 spiro atoms. The maximum absolute atomic E-state index is 12.3. The number of ether oxygens (including phenoxy) is 1. The highest BCUT2D eigenvalue weighted by atomic mass is 16.5. The van der Waals surface area contributed by atoms with E-state index < -0.39 is 11.5 Å². The molecule has 0 aromatic heterocycles. The standard InChI is InChI=1S/C21H28O5/c1-15(22)14-21(19(24)9-10-20(21)25)12-11-17(23)7-3-5-16-6-4-8-18(13-16)26-2/h4,6,8,13,15,22H,3,5,7,9-12,14H2,1-2H3. The van der Waals surface area contributed by atoms with Crippen LogP contribution in [0.25, 0.3) is 0 Å². The van der Waals surface area contributed by atoms with Gasteiger partial charge in [0.25, 0.3) is 0 Å². The Bertz CT molecular complexity index is 646. The van der Waals surface area contributed by atoms with Crippen LogP contribution in [0.2, 0.25) is 0 Å². The number of aliphatic hydroxyl groups is 1. The van der Waals surface area contributed by atoms with Crippen molar-refractivity contribution in [2.75, 3.05) is 7.11 Å². The quantitative estimate of drug-likeness (QED) is 0.649. The third kappa shape index (κ3) is 5.01. The second kappa shape index (κ2) is 9.08. The van der Waals surface area contributed by atoms with Crippen LogP contribution < -0.4 is 4.74 Å². The van der Waals surface area contributed by atoms with Crippen LogP contribution in [0.3, 0.4) is 0 Å². The molecular weight excluding hydrogens is 332 g/mol. The zero-order valence-corrected chi connectivity index (χ0v) is 15.6. The first kappa shape index (κ1) is 20.3. The van der Waals surface area contributed by atoms with Gasteiger partial charge in [-0.2, -0.15) is 0 Å². The Labute approximate surface area is 154 Å². The van der Waals surface area contributed by atoms with E-state index in [2.05, 4.69) is 0 Å². The zero-order chi connectivity index (χ0) is 19.2. The first-order valence-electron chi connectivity index (χ1n) is 9.26. The summed E-state index contributed by atoms with van der Waals surface area (Å²) in [5.41, 5.74) is -0.0275. The molecule has 1 aromatic carbocycles. The lowest BCUT2D eigenvalue weighted by Gasteiger charge is -2.27. The van der Waals surface area contributed by atoms with E-state index in [1.807, 2.05) is 24.3 Å². The number of ketones is 3. The van der Waals surface area contributed by atoms with E-state index in [0.717, 1.165) is 24.2 Å². The Morgan fingerprint density at radius 3 is 2.54 bits per heavy atom. The van der Waals surface area contributed by atoms with Crippen LogP contribution in [0.4, 0.5) is 0 Å². The lowest BCUT2D eigenvalue weighted by molar-refractivity contribution is -0.138. The Kier molecular flexibility index (Phi) is 7.09. The van der Waals surface area contributed by atoms with Crippen molar-refractivity contribution in [2.45, 2.75) is 64.4 Å². The van der Waals surface area contributed by atoms with Crippen molar-refractivity contribution < 1.29 is 24.2 Å². The Balaban J connectivity index is 1.84. The molecule has 1 aliphatic carbocycles. The molecule has 1 fully saturated rings. The highest BCUT2D eigenvalue weighted by Gasteiger charge is 2.49. The molecule has 1 unspecified atom stereocenters. The van der Waals surface area contributed by atoms with Crippen molar-refractivity contribution in [2.24, 2.45) is 5.41 Å². The van der Waals surface area contributed by atoms with Gasteiger partial charge in [-0.05, 0) is 50.3 Å². The molecule has 26 heavy (non-hydrogen) atoms. The van der Waals surface area contributed by atoms with E-state index in [0.29, 0.717) is 6.42 Å². The molecule has 5 nitrogen and oxygen atoms in total. The number of aliphatic hydroxyl groups excluding tert-OH is 1. The highest BCUT2D eigenvalue weighted by molar-refractivity contribution is 6.13. The monoisotopic (exact) mass is 360 g/mol. The summed E-state index contributed by atoms with van der Waals surface area (Å²) in [6.45, 7) is 1.58. The summed E-state index contributed by atoms with van der Waals surface area (Å²) in [5, 5.41) is 9.69. The molecule has 142 valence electrons. The molecule has 0 heterocycles. The van der Waals surface area contributed by atoms with Crippen molar-refractivity contribution in [3.8, 4) is 5.75 Å². The molecule has 2 rings (SSSR count). The van der Waals surface area contributed by atoms with Crippen molar-refractivity contribution in [3.05, 3.63) is 29.8 Å². The summed E-state index contributed by atoms with van der Waals surface area (Å²) in [5.74, 6) is 0.623. The molecule has 1 N–H and O–H groups in total. The van der Waals surface area contributed by atoms with Crippen LogP contribution in [-0.2, 0) is 20.8 Å². The second-order valence-electron chi connectivity index (χ2n) is 7.23. The molecule has 0 saturated heterocycles. The molecule has 0 amide bonds. The van der Waals surface area contributed by atoms with Crippen LogP contribution in [0.5, 0.6) is 5.75 Å². The summed E-state index contributed by atoms with van der Waals surface area (Å²) in [4.78, 5) is 36.8. The van der Waals surface area contributed by atoms with E-state index in [4.69, 9.17) is 4.74 Å². The van der Waals surface area contributed by atoms with E-state index >= 15 is 0 Å². The minimum atomic E-state index is -1.14. The van der Waals surface area contributed by atoms with Gasteiger partial charge < -0.3 is 9.84 Å². The third-order valence-corrected chi connectivity index (χ3v) is 5.18. The van der Waals surface area contributed by atoms with Gasteiger partial charge in [0.2, 0.25) is 0 Å². The maximum Gasteiger partial charge on any atom is 0.146 e. The normalized spacial score (nSPS) is 17.3. The number of carbonyl (C=O) groups is 3. The lowest BCUT2D eigenvalue weighted by Crippen LogP contribution is -2.36. The topological polar surface area (TPSA) is 80.7 Å². The number of hydrogen-bond acceptors (Lipinski definition) is 5. The van der Waals surface area contributed by atoms with Gasteiger partial charge in [0.15, 0.2) is 0 Å². The Morgan fingerprint density at radius 1 is 1.23 bits per heavy atom. The van der Waals surface area contributed by atoms with Gasteiger partial charge in [-0.25, -0.2) is 0 Å². The smallest absolute Gasteiger partial charge is 0.146 e. The molecule has 0 aliphatic heterocycles. The summed E-state index contributed by atoms with van der Waals surface area (Å²) in [6.07, 6.45) is 2.22. The van der Waals surface area contributed by atoms with Gasteiger partial charge in [-0.1, -0.05) is 12.1 Å². The number of aryl methyl sites for hydroxylation is 1. The van der Waals surface area contributed by atoms with Crippen LogP contribution in [0.15, 0.2) is 24.3 Å². The van der Waals surface area contributed by atoms with Crippen molar-refractivity contribution in [3.63, 3.8) is 0 Å². The van der Waals surface area contributed by atoms with Gasteiger partial charge in [-0.15, -0.1) is 0 Å². The fourth-order valence-electron chi connectivity index (χ4n) is 3.77. The second-order valence-corrected chi connectivity index (χ2v) is 7.23. The van der Waals surface area contributed by atoms with Crippen molar-refractivity contribution in [1.82, 2.24) is 0 Å². The third-order valence-electron chi connectivity index (χ3n) is 5.18. The molecule has 0 radical (unpaired) electrons. The van der Waals surface area contributed by atoms with Crippen LogP contribution in [0.1, 0.15) is 57.4 Å². The number of Topliss-reactive ketones (excluding diaryl/α,β-unsaturated/α-hetero) is 3. The largest absolute Gasteiger partial charge is 0.497 e.